The Labute approximate surface area is 160 Å². The van der Waals surface area contributed by atoms with Crippen LogP contribution < -0.4 is 10.1 Å². The molecule has 0 bridgehead atoms. The second-order valence-electron chi connectivity index (χ2n) is 5.98. The predicted molar refractivity (Wildman–Crippen MR) is 102 cm³/mol. The summed E-state index contributed by atoms with van der Waals surface area (Å²) < 4.78 is 8.48. The third-order valence-corrected chi connectivity index (χ3v) is 4.23. The van der Waals surface area contributed by atoms with Crippen molar-refractivity contribution in [1.29, 1.82) is 0 Å². The minimum absolute atomic E-state index is 0.153. The molecular weight excluding hydrogens is 396 g/mol. The third-order valence-electron chi connectivity index (χ3n) is 3.70. The molecule has 0 saturated carbocycles. The molecule has 0 aliphatic rings. The standard InChI is InChI=1S/C19H19BrN4O2/c1-14(13-24-10-2-9-23-24)11-22-19(25)15-3-8-18(21-12-15)26-17-6-4-16(20)5-7-17/h2-10,12,14H,11,13H2,1H3,(H,22,25). The van der Waals surface area contributed by atoms with Crippen LogP contribution in [0, 0.1) is 5.92 Å². The monoisotopic (exact) mass is 414 g/mol. The van der Waals surface area contributed by atoms with Gasteiger partial charge in [0.05, 0.1) is 5.56 Å². The van der Waals surface area contributed by atoms with Crippen LogP contribution in [0.3, 0.4) is 0 Å². The molecule has 2 heterocycles. The van der Waals surface area contributed by atoms with E-state index in [1.54, 1.807) is 18.3 Å². The smallest absolute Gasteiger partial charge is 0.252 e. The van der Waals surface area contributed by atoms with E-state index >= 15 is 0 Å². The Hall–Kier alpha value is -2.67. The Bertz CT molecular complexity index is 833. The number of carbonyl (C=O) groups excluding carboxylic acids is 1. The number of benzene rings is 1. The van der Waals surface area contributed by atoms with Gasteiger partial charge >= 0.3 is 0 Å². The number of carbonyl (C=O) groups is 1. The minimum atomic E-state index is -0.153. The van der Waals surface area contributed by atoms with E-state index in [-0.39, 0.29) is 11.8 Å². The zero-order valence-electron chi connectivity index (χ0n) is 14.3. The number of amides is 1. The van der Waals surface area contributed by atoms with Crippen molar-refractivity contribution in [1.82, 2.24) is 20.1 Å². The van der Waals surface area contributed by atoms with Crippen LogP contribution in [0.1, 0.15) is 17.3 Å². The van der Waals surface area contributed by atoms with Gasteiger partial charge in [0.25, 0.3) is 5.91 Å². The summed E-state index contributed by atoms with van der Waals surface area (Å²) in [6, 6.07) is 12.7. The van der Waals surface area contributed by atoms with Crippen LogP contribution in [-0.2, 0) is 6.54 Å². The van der Waals surface area contributed by atoms with Crippen molar-refractivity contribution >= 4 is 21.8 Å². The number of hydrogen-bond donors (Lipinski definition) is 1. The van der Waals surface area contributed by atoms with E-state index in [4.69, 9.17) is 4.74 Å². The van der Waals surface area contributed by atoms with E-state index in [0.29, 0.717) is 23.7 Å². The number of halogens is 1. The maximum absolute atomic E-state index is 12.2. The lowest BCUT2D eigenvalue weighted by atomic mass is 10.1. The highest BCUT2D eigenvalue weighted by Gasteiger charge is 2.10. The van der Waals surface area contributed by atoms with Crippen LogP contribution in [0.5, 0.6) is 11.6 Å². The third kappa shape index (κ3) is 5.16. The highest BCUT2D eigenvalue weighted by Crippen LogP contribution is 2.21. The Morgan fingerprint density at radius 2 is 2.08 bits per heavy atom. The molecule has 6 nitrogen and oxygen atoms in total. The summed E-state index contributed by atoms with van der Waals surface area (Å²) in [5.74, 6) is 1.24. The fourth-order valence-electron chi connectivity index (χ4n) is 2.36. The van der Waals surface area contributed by atoms with Crippen LogP contribution in [0.4, 0.5) is 0 Å². The van der Waals surface area contributed by atoms with Gasteiger partial charge in [-0.1, -0.05) is 22.9 Å². The van der Waals surface area contributed by atoms with E-state index in [9.17, 15) is 4.79 Å². The summed E-state index contributed by atoms with van der Waals surface area (Å²) in [5, 5.41) is 7.09. The molecule has 0 radical (unpaired) electrons. The number of rotatable bonds is 7. The normalized spacial score (nSPS) is 11.8. The number of nitrogens with one attached hydrogen (secondary N) is 1. The fourth-order valence-corrected chi connectivity index (χ4v) is 2.62. The SMILES string of the molecule is CC(CNC(=O)c1ccc(Oc2ccc(Br)cc2)nc1)Cn1cccn1. The van der Waals surface area contributed by atoms with E-state index in [1.165, 1.54) is 6.20 Å². The quantitative estimate of drug-likeness (QED) is 0.636. The van der Waals surface area contributed by atoms with Gasteiger partial charge in [0, 0.05) is 42.2 Å². The fraction of sp³-hybridized carbons (Fsp3) is 0.211. The van der Waals surface area contributed by atoms with E-state index < -0.39 is 0 Å². The van der Waals surface area contributed by atoms with Gasteiger partial charge in [-0.3, -0.25) is 9.48 Å². The van der Waals surface area contributed by atoms with Crippen molar-refractivity contribution in [3.05, 3.63) is 71.1 Å². The van der Waals surface area contributed by atoms with Gasteiger partial charge in [-0.2, -0.15) is 5.10 Å². The number of hydrogen-bond acceptors (Lipinski definition) is 4. The van der Waals surface area contributed by atoms with Crippen molar-refractivity contribution in [2.75, 3.05) is 6.54 Å². The molecular formula is C19H19BrN4O2. The van der Waals surface area contributed by atoms with E-state index in [0.717, 1.165) is 11.0 Å². The largest absolute Gasteiger partial charge is 0.439 e. The van der Waals surface area contributed by atoms with Crippen molar-refractivity contribution in [3.8, 4) is 11.6 Å². The topological polar surface area (TPSA) is 69.0 Å². The van der Waals surface area contributed by atoms with Crippen molar-refractivity contribution in [2.45, 2.75) is 13.5 Å². The first-order chi connectivity index (χ1) is 12.6. The first-order valence-corrected chi connectivity index (χ1v) is 9.04. The number of ether oxygens (including phenoxy) is 1. The van der Waals surface area contributed by atoms with Crippen LogP contribution in [0.15, 0.2) is 65.5 Å². The summed E-state index contributed by atoms with van der Waals surface area (Å²) >= 11 is 3.38. The molecule has 1 amide bonds. The summed E-state index contributed by atoms with van der Waals surface area (Å²) in [5.41, 5.74) is 0.499. The molecule has 0 aliphatic carbocycles. The predicted octanol–water partition coefficient (Wildman–Crippen LogP) is 3.90. The second kappa shape index (κ2) is 8.62. The van der Waals surface area contributed by atoms with Gasteiger partial charge < -0.3 is 10.1 Å². The Balaban J connectivity index is 1.50. The molecule has 3 aromatic rings. The lowest BCUT2D eigenvalue weighted by Gasteiger charge is -2.13. The summed E-state index contributed by atoms with van der Waals surface area (Å²) in [4.78, 5) is 16.4. The zero-order chi connectivity index (χ0) is 18.4. The van der Waals surface area contributed by atoms with E-state index in [1.807, 2.05) is 41.2 Å². The number of aromatic nitrogens is 3. The van der Waals surface area contributed by atoms with Gasteiger partial charge in [-0.05, 0) is 42.3 Å². The number of pyridine rings is 1. The molecule has 1 aromatic carbocycles. The summed E-state index contributed by atoms with van der Waals surface area (Å²) in [6.45, 7) is 3.39. The van der Waals surface area contributed by atoms with Crippen LogP contribution >= 0.6 is 15.9 Å². The van der Waals surface area contributed by atoms with Crippen LogP contribution in [0.25, 0.3) is 0 Å². The lowest BCUT2D eigenvalue weighted by Crippen LogP contribution is -2.30. The molecule has 0 aliphatic heterocycles. The molecule has 1 unspecified atom stereocenters. The molecule has 0 saturated heterocycles. The van der Waals surface area contributed by atoms with Crippen molar-refractivity contribution < 1.29 is 9.53 Å². The molecule has 0 fully saturated rings. The highest BCUT2D eigenvalue weighted by atomic mass is 79.9. The minimum Gasteiger partial charge on any atom is -0.439 e. The zero-order valence-corrected chi connectivity index (χ0v) is 15.9. The maximum Gasteiger partial charge on any atom is 0.252 e. The van der Waals surface area contributed by atoms with Gasteiger partial charge in [-0.25, -0.2) is 4.98 Å². The summed E-state index contributed by atoms with van der Waals surface area (Å²) in [7, 11) is 0. The first kappa shape index (κ1) is 18.1. The number of nitrogens with zero attached hydrogens (tertiary/aromatic N) is 3. The Kier molecular flexibility index (Phi) is 6.01. The van der Waals surface area contributed by atoms with Gasteiger partial charge in [-0.15, -0.1) is 0 Å². The Morgan fingerprint density at radius 1 is 1.27 bits per heavy atom. The Morgan fingerprint density at radius 3 is 2.73 bits per heavy atom. The average Bonchev–Trinajstić information content (AvgIpc) is 3.15. The molecule has 1 N–H and O–H groups in total. The molecule has 26 heavy (non-hydrogen) atoms. The molecule has 134 valence electrons. The van der Waals surface area contributed by atoms with Gasteiger partial charge in [0.15, 0.2) is 0 Å². The maximum atomic E-state index is 12.2. The van der Waals surface area contributed by atoms with Crippen LogP contribution in [-0.4, -0.2) is 27.2 Å². The second-order valence-corrected chi connectivity index (χ2v) is 6.90. The molecule has 0 spiro atoms. The molecule has 1 atom stereocenters. The van der Waals surface area contributed by atoms with E-state index in [2.05, 4.69) is 38.3 Å². The highest BCUT2D eigenvalue weighted by molar-refractivity contribution is 9.10. The van der Waals surface area contributed by atoms with Gasteiger partial charge in [0.1, 0.15) is 5.75 Å². The molecule has 3 rings (SSSR count). The molecule has 7 heteroatoms. The lowest BCUT2D eigenvalue weighted by molar-refractivity contribution is 0.0946. The first-order valence-electron chi connectivity index (χ1n) is 8.25. The van der Waals surface area contributed by atoms with Crippen molar-refractivity contribution in [2.24, 2.45) is 5.92 Å². The van der Waals surface area contributed by atoms with Crippen LogP contribution in [0.2, 0.25) is 0 Å². The summed E-state index contributed by atoms with van der Waals surface area (Å²) in [6.07, 6.45) is 5.17. The van der Waals surface area contributed by atoms with Gasteiger partial charge in [0.2, 0.25) is 5.88 Å². The molecule has 2 aromatic heterocycles. The van der Waals surface area contributed by atoms with Crippen molar-refractivity contribution in [3.63, 3.8) is 0 Å². The average molecular weight is 415 g/mol.